The molecule has 0 bridgehead atoms. The SMILES string of the molecule is COc1cccc2ccc(CCC(C)=O)nc12. The van der Waals surface area contributed by atoms with Gasteiger partial charge in [0.2, 0.25) is 0 Å². The highest BCUT2D eigenvalue weighted by atomic mass is 16.5. The van der Waals surface area contributed by atoms with Crippen LogP contribution in [0.3, 0.4) is 0 Å². The van der Waals surface area contributed by atoms with Gasteiger partial charge in [0.1, 0.15) is 17.0 Å². The Bertz CT molecular complexity index is 549. The third kappa shape index (κ3) is 2.61. The van der Waals surface area contributed by atoms with E-state index in [1.165, 1.54) is 0 Å². The average molecular weight is 229 g/mol. The highest BCUT2D eigenvalue weighted by Crippen LogP contribution is 2.23. The fraction of sp³-hybridized carbons (Fsp3) is 0.286. The Kier molecular flexibility index (Phi) is 3.38. The summed E-state index contributed by atoms with van der Waals surface area (Å²) in [5, 5.41) is 1.05. The molecule has 0 aliphatic carbocycles. The van der Waals surface area contributed by atoms with E-state index in [4.69, 9.17) is 4.74 Å². The van der Waals surface area contributed by atoms with Gasteiger partial charge in [-0.05, 0) is 25.5 Å². The van der Waals surface area contributed by atoms with Gasteiger partial charge in [-0.1, -0.05) is 18.2 Å². The molecular formula is C14H15NO2. The summed E-state index contributed by atoms with van der Waals surface area (Å²) in [7, 11) is 1.64. The van der Waals surface area contributed by atoms with Gasteiger partial charge in [-0.3, -0.25) is 0 Å². The van der Waals surface area contributed by atoms with E-state index in [2.05, 4.69) is 4.98 Å². The number of nitrogens with zero attached hydrogens (tertiary/aromatic N) is 1. The van der Waals surface area contributed by atoms with Crippen molar-refractivity contribution >= 4 is 16.7 Å². The summed E-state index contributed by atoms with van der Waals surface area (Å²) in [4.78, 5) is 15.5. The van der Waals surface area contributed by atoms with Gasteiger partial charge in [-0.15, -0.1) is 0 Å². The fourth-order valence-electron chi connectivity index (χ4n) is 1.77. The highest BCUT2D eigenvalue weighted by Gasteiger charge is 2.04. The van der Waals surface area contributed by atoms with Crippen molar-refractivity contribution in [3.8, 4) is 5.75 Å². The van der Waals surface area contributed by atoms with Crippen molar-refractivity contribution in [1.82, 2.24) is 4.98 Å². The van der Waals surface area contributed by atoms with E-state index in [9.17, 15) is 4.79 Å². The lowest BCUT2D eigenvalue weighted by Gasteiger charge is -2.06. The maximum absolute atomic E-state index is 11.0. The normalized spacial score (nSPS) is 10.5. The Morgan fingerprint density at radius 3 is 2.82 bits per heavy atom. The van der Waals surface area contributed by atoms with Gasteiger partial charge in [-0.2, -0.15) is 0 Å². The molecule has 0 fully saturated rings. The van der Waals surface area contributed by atoms with E-state index < -0.39 is 0 Å². The monoisotopic (exact) mass is 229 g/mol. The van der Waals surface area contributed by atoms with Crippen LogP contribution >= 0.6 is 0 Å². The van der Waals surface area contributed by atoms with Crippen molar-refractivity contribution in [2.24, 2.45) is 0 Å². The number of Topliss-reactive ketones (excluding diaryl/α,β-unsaturated/α-hetero) is 1. The molecular weight excluding hydrogens is 214 g/mol. The lowest BCUT2D eigenvalue weighted by atomic mass is 10.1. The number of para-hydroxylation sites is 1. The Morgan fingerprint density at radius 2 is 2.12 bits per heavy atom. The number of aromatic nitrogens is 1. The number of pyridine rings is 1. The van der Waals surface area contributed by atoms with Gasteiger partial charge >= 0.3 is 0 Å². The molecule has 2 aromatic rings. The first kappa shape index (κ1) is 11.6. The molecule has 0 aliphatic rings. The van der Waals surface area contributed by atoms with Crippen molar-refractivity contribution < 1.29 is 9.53 Å². The van der Waals surface area contributed by atoms with Crippen molar-refractivity contribution in [3.05, 3.63) is 36.0 Å². The van der Waals surface area contributed by atoms with Crippen LogP contribution < -0.4 is 4.74 Å². The molecule has 0 saturated carbocycles. The molecule has 1 aromatic carbocycles. The number of ketones is 1. The molecule has 0 aliphatic heterocycles. The van der Waals surface area contributed by atoms with Crippen molar-refractivity contribution in [2.45, 2.75) is 19.8 Å². The van der Waals surface area contributed by atoms with Gasteiger partial charge in [0.05, 0.1) is 7.11 Å². The van der Waals surface area contributed by atoms with Crippen molar-refractivity contribution in [2.75, 3.05) is 7.11 Å². The number of fused-ring (bicyclic) bond motifs is 1. The standard InChI is InChI=1S/C14H15NO2/c1-10(16)6-8-12-9-7-11-4-3-5-13(17-2)14(11)15-12/h3-5,7,9H,6,8H2,1-2H3. The molecule has 3 heteroatoms. The maximum Gasteiger partial charge on any atom is 0.145 e. The number of hydrogen-bond donors (Lipinski definition) is 0. The quantitative estimate of drug-likeness (QED) is 0.809. The summed E-state index contributed by atoms with van der Waals surface area (Å²) in [5.41, 5.74) is 1.79. The molecule has 17 heavy (non-hydrogen) atoms. The lowest BCUT2D eigenvalue weighted by Crippen LogP contribution is -1.97. The summed E-state index contributed by atoms with van der Waals surface area (Å²) in [6.45, 7) is 1.60. The Balaban J connectivity index is 2.37. The average Bonchev–Trinajstić information content (AvgIpc) is 2.35. The molecule has 0 spiro atoms. The molecule has 0 N–H and O–H groups in total. The smallest absolute Gasteiger partial charge is 0.145 e. The first-order valence-corrected chi connectivity index (χ1v) is 5.63. The predicted molar refractivity (Wildman–Crippen MR) is 67.3 cm³/mol. The van der Waals surface area contributed by atoms with E-state index in [1.54, 1.807) is 14.0 Å². The second-order valence-electron chi connectivity index (χ2n) is 4.04. The van der Waals surface area contributed by atoms with Crippen LogP contribution in [-0.2, 0) is 11.2 Å². The second kappa shape index (κ2) is 4.95. The van der Waals surface area contributed by atoms with Crippen molar-refractivity contribution in [3.63, 3.8) is 0 Å². The van der Waals surface area contributed by atoms with Crippen LogP contribution in [-0.4, -0.2) is 17.9 Å². The maximum atomic E-state index is 11.0. The molecule has 1 aromatic heterocycles. The molecule has 2 rings (SSSR count). The van der Waals surface area contributed by atoms with Crippen LogP contribution in [0.1, 0.15) is 19.0 Å². The number of carbonyl (C=O) groups excluding carboxylic acids is 1. The van der Waals surface area contributed by atoms with Gasteiger partial charge < -0.3 is 9.53 Å². The fourth-order valence-corrected chi connectivity index (χ4v) is 1.77. The molecule has 88 valence electrons. The summed E-state index contributed by atoms with van der Waals surface area (Å²) >= 11 is 0. The van der Waals surface area contributed by atoms with Crippen LogP contribution in [0.4, 0.5) is 0 Å². The van der Waals surface area contributed by atoms with Crippen LogP contribution in [0.5, 0.6) is 5.75 Å². The molecule has 0 unspecified atom stereocenters. The zero-order valence-corrected chi connectivity index (χ0v) is 10.1. The minimum atomic E-state index is 0.187. The first-order chi connectivity index (χ1) is 8.20. The molecule has 1 heterocycles. The molecule has 0 radical (unpaired) electrons. The Hall–Kier alpha value is -1.90. The van der Waals surface area contributed by atoms with Crippen LogP contribution in [0.2, 0.25) is 0 Å². The lowest BCUT2D eigenvalue weighted by molar-refractivity contribution is -0.116. The number of hydrogen-bond acceptors (Lipinski definition) is 3. The largest absolute Gasteiger partial charge is 0.494 e. The first-order valence-electron chi connectivity index (χ1n) is 5.63. The molecule has 0 saturated heterocycles. The second-order valence-corrected chi connectivity index (χ2v) is 4.04. The number of methoxy groups -OCH3 is 1. The highest BCUT2D eigenvalue weighted by molar-refractivity contribution is 5.84. The summed E-state index contributed by atoms with van der Waals surface area (Å²) < 4.78 is 5.28. The minimum Gasteiger partial charge on any atom is -0.494 e. The Morgan fingerprint density at radius 1 is 1.29 bits per heavy atom. The Labute approximate surface area is 100 Å². The van der Waals surface area contributed by atoms with Gasteiger partial charge in [-0.25, -0.2) is 4.98 Å². The van der Waals surface area contributed by atoms with E-state index >= 15 is 0 Å². The van der Waals surface area contributed by atoms with E-state index in [-0.39, 0.29) is 5.78 Å². The minimum absolute atomic E-state index is 0.187. The van der Waals surface area contributed by atoms with E-state index in [0.717, 1.165) is 22.3 Å². The van der Waals surface area contributed by atoms with E-state index in [1.807, 2.05) is 30.3 Å². The number of benzene rings is 1. The van der Waals surface area contributed by atoms with Crippen LogP contribution in [0.25, 0.3) is 10.9 Å². The summed E-state index contributed by atoms with van der Waals surface area (Å²) in [6, 6.07) is 9.81. The zero-order chi connectivity index (χ0) is 12.3. The summed E-state index contributed by atoms with van der Waals surface area (Å²) in [5.74, 6) is 0.957. The molecule has 0 atom stereocenters. The number of ether oxygens (including phenoxy) is 1. The van der Waals surface area contributed by atoms with Gasteiger partial charge in [0, 0.05) is 17.5 Å². The number of rotatable bonds is 4. The predicted octanol–water partition coefficient (Wildman–Crippen LogP) is 2.77. The topological polar surface area (TPSA) is 39.2 Å². The third-order valence-corrected chi connectivity index (χ3v) is 2.69. The van der Waals surface area contributed by atoms with Crippen LogP contribution in [0.15, 0.2) is 30.3 Å². The third-order valence-electron chi connectivity index (χ3n) is 2.69. The van der Waals surface area contributed by atoms with E-state index in [0.29, 0.717) is 12.8 Å². The van der Waals surface area contributed by atoms with Gasteiger partial charge in [0.15, 0.2) is 0 Å². The zero-order valence-electron chi connectivity index (χ0n) is 10.1. The van der Waals surface area contributed by atoms with Crippen LogP contribution in [0, 0.1) is 0 Å². The number of aryl methyl sites for hydroxylation is 1. The van der Waals surface area contributed by atoms with Crippen molar-refractivity contribution in [1.29, 1.82) is 0 Å². The number of carbonyl (C=O) groups is 1. The van der Waals surface area contributed by atoms with Gasteiger partial charge in [0.25, 0.3) is 0 Å². The molecule has 0 amide bonds. The summed E-state index contributed by atoms with van der Waals surface area (Å²) in [6.07, 6.45) is 1.22. The molecule has 3 nitrogen and oxygen atoms in total.